The van der Waals surface area contributed by atoms with Crippen LogP contribution in [0.5, 0.6) is 17.2 Å². The molecule has 2 aromatic heterocycles. The number of thioether (sulfide) groups is 1. The maximum Gasteiger partial charge on any atom is 0.277 e. The zero-order chi connectivity index (χ0) is 20.8. The average molecular weight is 420 g/mol. The van der Waals surface area contributed by atoms with E-state index in [9.17, 15) is 0 Å². The highest BCUT2D eigenvalue weighted by atomic mass is 32.2. The number of aryl methyl sites for hydroxylation is 2. The standard InChI is InChI=1S/C20H25N3O5S/c1-6-24-16-9-14(10-17(25-7-2)18(16)26-8-3)19-21-22-20(27-19)29-11-15-12(4)23-28-13(15)5/h9-10H,6-8,11H2,1-5H3. The van der Waals surface area contributed by atoms with Crippen LogP contribution in [-0.2, 0) is 5.75 Å². The molecule has 0 atom stereocenters. The van der Waals surface area contributed by atoms with Crippen LogP contribution < -0.4 is 14.2 Å². The summed E-state index contributed by atoms with van der Waals surface area (Å²) < 4.78 is 28.3. The highest BCUT2D eigenvalue weighted by molar-refractivity contribution is 7.98. The molecule has 0 fully saturated rings. The van der Waals surface area contributed by atoms with Crippen molar-refractivity contribution in [2.24, 2.45) is 0 Å². The minimum absolute atomic E-state index is 0.385. The molecule has 0 aliphatic rings. The molecule has 29 heavy (non-hydrogen) atoms. The van der Waals surface area contributed by atoms with Crippen molar-refractivity contribution in [2.75, 3.05) is 19.8 Å². The molecule has 9 heteroatoms. The summed E-state index contributed by atoms with van der Waals surface area (Å²) in [7, 11) is 0. The van der Waals surface area contributed by atoms with E-state index in [0.29, 0.717) is 59.5 Å². The van der Waals surface area contributed by atoms with Gasteiger partial charge in [0.15, 0.2) is 11.5 Å². The summed E-state index contributed by atoms with van der Waals surface area (Å²) in [6.07, 6.45) is 0. The van der Waals surface area contributed by atoms with Crippen LogP contribution in [0.15, 0.2) is 26.3 Å². The van der Waals surface area contributed by atoms with Crippen LogP contribution in [0, 0.1) is 13.8 Å². The molecule has 8 nitrogen and oxygen atoms in total. The Bertz CT molecular complexity index is 907. The molecule has 2 heterocycles. The van der Waals surface area contributed by atoms with Crippen LogP contribution >= 0.6 is 11.8 Å². The highest BCUT2D eigenvalue weighted by Gasteiger charge is 2.19. The molecule has 0 saturated carbocycles. The number of hydrogen-bond acceptors (Lipinski definition) is 9. The molecule has 0 aliphatic carbocycles. The van der Waals surface area contributed by atoms with Gasteiger partial charge in [0.1, 0.15) is 5.76 Å². The Labute approximate surface area is 173 Å². The second-order valence-electron chi connectivity index (χ2n) is 6.07. The molecule has 0 spiro atoms. The highest BCUT2D eigenvalue weighted by Crippen LogP contribution is 2.42. The van der Waals surface area contributed by atoms with E-state index in [1.165, 1.54) is 11.8 Å². The summed E-state index contributed by atoms with van der Waals surface area (Å²) in [5.74, 6) is 3.56. The van der Waals surface area contributed by atoms with E-state index in [1.54, 1.807) is 0 Å². The van der Waals surface area contributed by atoms with Crippen LogP contribution in [0.4, 0.5) is 0 Å². The smallest absolute Gasteiger partial charge is 0.277 e. The van der Waals surface area contributed by atoms with Crippen LogP contribution in [0.3, 0.4) is 0 Å². The maximum atomic E-state index is 5.85. The molecular formula is C20H25N3O5S. The average Bonchev–Trinajstić information content (AvgIpc) is 3.30. The monoisotopic (exact) mass is 419 g/mol. The predicted octanol–water partition coefficient (Wildman–Crippen LogP) is 4.83. The van der Waals surface area contributed by atoms with Gasteiger partial charge in [0, 0.05) is 16.9 Å². The van der Waals surface area contributed by atoms with Crippen molar-refractivity contribution in [1.82, 2.24) is 15.4 Å². The largest absolute Gasteiger partial charge is 0.490 e. The van der Waals surface area contributed by atoms with E-state index in [0.717, 1.165) is 17.0 Å². The van der Waals surface area contributed by atoms with Crippen LogP contribution in [-0.4, -0.2) is 35.2 Å². The third-order valence-electron chi connectivity index (χ3n) is 4.08. The number of nitrogens with zero attached hydrogens (tertiary/aromatic N) is 3. The van der Waals surface area contributed by atoms with E-state index in [-0.39, 0.29) is 0 Å². The van der Waals surface area contributed by atoms with Gasteiger partial charge < -0.3 is 23.2 Å². The van der Waals surface area contributed by atoms with Gasteiger partial charge in [-0.1, -0.05) is 16.9 Å². The fraction of sp³-hybridized carbons (Fsp3) is 0.450. The van der Waals surface area contributed by atoms with Gasteiger partial charge in [-0.25, -0.2) is 0 Å². The zero-order valence-corrected chi connectivity index (χ0v) is 18.1. The molecular weight excluding hydrogens is 394 g/mol. The second kappa shape index (κ2) is 9.69. The summed E-state index contributed by atoms with van der Waals surface area (Å²) in [4.78, 5) is 0. The Balaban J connectivity index is 1.86. The number of rotatable bonds is 10. The zero-order valence-electron chi connectivity index (χ0n) is 17.3. The van der Waals surface area contributed by atoms with Gasteiger partial charge in [-0.05, 0) is 46.8 Å². The number of benzene rings is 1. The van der Waals surface area contributed by atoms with Gasteiger partial charge >= 0.3 is 0 Å². The van der Waals surface area contributed by atoms with Gasteiger partial charge in [0.2, 0.25) is 11.6 Å². The lowest BCUT2D eigenvalue weighted by Gasteiger charge is -2.16. The van der Waals surface area contributed by atoms with Crippen molar-refractivity contribution in [3.8, 4) is 28.7 Å². The molecule has 0 amide bonds. The normalized spacial score (nSPS) is 10.9. The molecule has 0 N–H and O–H groups in total. The summed E-state index contributed by atoms with van der Waals surface area (Å²) >= 11 is 1.43. The van der Waals surface area contributed by atoms with Crippen molar-refractivity contribution < 1.29 is 23.2 Å². The summed E-state index contributed by atoms with van der Waals surface area (Å²) in [6, 6.07) is 3.65. The Morgan fingerprint density at radius 2 is 1.59 bits per heavy atom. The van der Waals surface area contributed by atoms with E-state index < -0.39 is 0 Å². The fourth-order valence-electron chi connectivity index (χ4n) is 2.74. The van der Waals surface area contributed by atoms with E-state index in [2.05, 4.69) is 15.4 Å². The molecule has 0 unspecified atom stereocenters. The first kappa shape index (κ1) is 21.0. The molecule has 0 aliphatic heterocycles. The minimum Gasteiger partial charge on any atom is -0.490 e. The molecule has 0 radical (unpaired) electrons. The Hall–Kier alpha value is -2.68. The first-order valence-corrected chi connectivity index (χ1v) is 10.5. The van der Waals surface area contributed by atoms with Gasteiger partial charge in [-0.2, -0.15) is 0 Å². The Morgan fingerprint density at radius 1 is 0.931 bits per heavy atom. The minimum atomic E-state index is 0.385. The van der Waals surface area contributed by atoms with Crippen molar-refractivity contribution >= 4 is 11.8 Å². The van der Waals surface area contributed by atoms with E-state index >= 15 is 0 Å². The lowest BCUT2D eigenvalue weighted by Crippen LogP contribution is -2.03. The van der Waals surface area contributed by atoms with Crippen LogP contribution in [0.2, 0.25) is 0 Å². The molecule has 0 bridgehead atoms. The van der Waals surface area contributed by atoms with Gasteiger partial charge in [-0.15, -0.1) is 10.2 Å². The summed E-state index contributed by atoms with van der Waals surface area (Å²) in [5, 5.41) is 12.8. The molecule has 0 saturated heterocycles. The molecule has 1 aromatic carbocycles. The van der Waals surface area contributed by atoms with E-state index in [4.69, 9.17) is 23.2 Å². The van der Waals surface area contributed by atoms with E-state index in [1.807, 2.05) is 46.8 Å². The maximum absolute atomic E-state index is 5.85. The third kappa shape index (κ3) is 4.84. The van der Waals surface area contributed by atoms with Gasteiger partial charge in [-0.3, -0.25) is 0 Å². The third-order valence-corrected chi connectivity index (χ3v) is 4.93. The Kier molecular flexibility index (Phi) is 7.03. The van der Waals surface area contributed by atoms with Crippen molar-refractivity contribution in [1.29, 1.82) is 0 Å². The predicted molar refractivity (Wildman–Crippen MR) is 109 cm³/mol. The second-order valence-corrected chi connectivity index (χ2v) is 6.99. The number of hydrogen-bond donors (Lipinski definition) is 0. The summed E-state index contributed by atoms with van der Waals surface area (Å²) in [5.41, 5.74) is 2.61. The lowest BCUT2D eigenvalue weighted by molar-refractivity contribution is 0.261. The van der Waals surface area contributed by atoms with Crippen LogP contribution in [0.1, 0.15) is 37.8 Å². The van der Waals surface area contributed by atoms with Crippen molar-refractivity contribution in [3.63, 3.8) is 0 Å². The van der Waals surface area contributed by atoms with Crippen molar-refractivity contribution in [3.05, 3.63) is 29.2 Å². The van der Waals surface area contributed by atoms with Gasteiger partial charge in [0.05, 0.1) is 25.5 Å². The lowest BCUT2D eigenvalue weighted by atomic mass is 10.2. The fourth-order valence-corrected chi connectivity index (χ4v) is 3.66. The first-order chi connectivity index (χ1) is 14.1. The molecule has 156 valence electrons. The number of ether oxygens (including phenoxy) is 3. The van der Waals surface area contributed by atoms with Crippen LogP contribution in [0.25, 0.3) is 11.5 Å². The quantitative estimate of drug-likeness (QED) is 0.428. The topological polar surface area (TPSA) is 92.6 Å². The SMILES string of the molecule is CCOc1cc(-c2nnc(SCc3c(C)noc3C)o2)cc(OCC)c1OCC. The van der Waals surface area contributed by atoms with Gasteiger partial charge in [0.25, 0.3) is 5.22 Å². The Morgan fingerprint density at radius 3 is 2.14 bits per heavy atom. The number of aromatic nitrogens is 3. The first-order valence-electron chi connectivity index (χ1n) is 9.52. The van der Waals surface area contributed by atoms with Crippen molar-refractivity contribution in [2.45, 2.75) is 45.6 Å². The summed E-state index contributed by atoms with van der Waals surface area (Å²) in [6.45, 7) is 11.0. The molecule has 3 rings (SSSR count). The molecule has 3 aromatic rings.